The van der Waals surface area contributed by atoms with Crippen molar-refractivity contribution in [2.45, 2.75) is 0 Å². The van der Waals surface area contributed by atoms with Crippen molar-refractivity contribution in [3.05, 3.63) is 30.0 Å². The van der Waals surface area contributed by atoms with Crippen LogP contribution in [0.5, 0.6) is 11.5 Å². The molecule has 1 saturated heterocycles. The van der Waals surface area contributed by atoms with E-state index in [1.807, 2.05) is 12.1 Å². The molecule has 0 bridgehead atoms. The fourth-order valence-electron chi connectivity index (χ4n) is 3.03. The van der Waals surface area contributed by atoms with Gasteiger partial charge in [0.1, 0.15) is 5.69 Å². The minimum atomic E-state index is -3.22. The molecule has 3 heterocycles. The molecule has 1 aromatic heterocycles. The summed E-state index contributed by atoms with van der Waals surface area (Å²) in [4.78, 5) is 14.3. The number of aromatic nitrogens is 2. The highest BCUT2D eigenvalue weighted by Gasteiger charge is 2.27. The number of hydrogen-bond donors (Lipinski definition) is 1. The van der Waals surface area contributed by atoms with Crippen LogP contribution in [0.25, 0.3) is 11.3 Å². The predicted molar refractivity (Wildman–Crippen MR) is 92.5 cm³/mol. The Morgan fingerprint density at radius 2 is 1.85 bits per heavy atom. The maximum absolute atomic E-state index is 12.6. The van der Waals surface area contributed by atoms with Gasteiger partial charge in [0.15, 0.2) is 11.5 Å². The number of aromatic amines is 1. The predicted octanol–water partition coefficient (Wildman–Crippen LogP) is 0.523. The molecular formula is C16H18N4O5S. The van der Waals surface area contributed by atoms with E-state index in [-0.39, 0.29) is 12.7 Å². The Morgan fingerprint density at radius 1 is 1.12 bits per heavy atom. The molecule has 138 valence electrons. The maximum atomic E-state index is 12.6. The van der Waals surface area contributed by atoms with Crippen LogP contribution in [0, 0.1) is 0 Å². The van der Waals surface area contributed by atoms with Gasteiger partial charge >= 0.3 is 0 Å². The summed E-state index contributed by atoms with van der Waals surface area (Å²) in [5, 5.41) is 6.97. The molecule has 4 rings (SSSR count). The number of nitrogens with zero attached hydrogens (tertiary/aromatic N) is 3. The molecule has 1 fully saturated rings. The zero-order valence-corrected chi connectivity index (χ0v) is 15.0. The molecule has 2 aromatic rings. The summed E-state index contributed by atoms with van der Waals surface area (Å²) >= 11 is 0. The Bertz CT molecular complexity index is 947. The largest absolute Gasteiger partial charge is 0.454 e. The number of H-pyrrole nitrogens is 1. The number of sulfonamides is 1. The van der Waals surface area contributed by atoms with E-state index in [1.165, 1.54) is 10.6 Å². The van der Waals surface area contributed by atoms with Crippen LogP contribution in [-0.4, -0.2) is 73.0 Å². The first-order valence-corrected chi connectivity index (χ1v) is 9.96. The molecule has 10 heteroatoms. The Balaban J connectivity index is 1.47. The molecule has 0 radical (unpaired) electrons. The van der Waals surface area contributed by atoms with Crippen LogP contribution in [0.15, 0.2) is 24.3 Å². The second-order valence-corrected chi connectivity index (χ2v) is 8.17. The lowest BCUT2D eigenvalue weighted by molar-refractivity contribution is 0.0692. The Morgan fingerprint density at radius 3 is 2.58 bits per heavy atom. The first-order valence-electron chi connectivity index (χ1n) is 8.11. The van der Waals surface area contributed by atoms with Gasteiger partial charge in [0, 0.05) is 31.7 Å². The fraction of sp³-hybridized carbons (Fsp3) is 0.375. The van der Waals surface area contributed by atoms with Gasteiger partial charge in [0.2, 0.25) is 16.8 Å². The summed E-state index contributed by atoms with van der Waals surface area (Å²) < 4.78 is 35.1. The van der Waals surface area contributed by atoms with Crippen LogP contribution in [0.1, 0.15) is 10.5 Å². The lowest BCUT2D eigenvalue weighted by atomic mass is 10.1. The molecule has 2 aliphatic heterocycles. The third kappa shape index (κ3) is 3.13. The SMILES string of the molecule is CS(=O)(=O)N1CCN(C(=O)c2cc(-c3ccc4c(c3)OCO4)n[nH]2)CC1. The molecule has 26 heavy (non-hydrogen) atoms. The summed E-state index contributed by atoms with van der Waals surface area (Å²) in [6.07, 6.45) is 1.18. The van der Waals surface area contributed by atoms with Crippen molar-refractivity contribution in [1.29, 1.82) is 0 Å². The zero-order chi connectivity index (χ0) is 18.3. The first-order chi connectivity index (χ1) is 12.4. The first kappa shape index (κ1) is 16.9. The number of benzene rings is 1. The lowest BCUT2D eigenvalue weighted by Crippen LogP contribution is -2.50. The highest BCUT2D eigenvalue weighted by Crippen LogP contribution is 2.35. The van der Waals surface area contributed by atoms with E-state index >= 15 is 0 Å². The molecule has 0 aliphatic carbocycles. The summed E-state index contributed by atoms with van der Waals surface area (Å²) in [6, 6.07) is 7.15. The van der Waals surface area contributed by atoms with Crippen LogP contribution >= 0.6 is 0 Å². The van der Waals surface area contributed by atoms with E-state index < -0.39 is 10.0 Å². The van der Waals surface area contributed by atoms with Crippen LogP contribution in [-0.2, 0) is 10.0 Å². The monoisotopic (exact) mass is 378 g/mol. The van der Waals surface area contributed by atoms with Gasteiger partial charge in [0.25, 0.3) is 5.91 Å². The van der Waals surface area contributed by atoms with Crippen molar-refractivity contribution < 1.29 is 22.7 Å². The van der Waals surface area contributed by atoms with E-state index in [9.17, 15) is 13.2 Å². The highest BCUT2D eigenvalue weighted by molar-refractivity contribution is 7.88. The smallest absolute Gasteiger partial charge is 0.271 e. The number of carbonyl (C=O) groups excluding carboxylic acids is 1. The van der Waals surface area contributed by atoms with E-state index in [4.69, 9.17) is 9.47 Å². The van der Waals surface area contributed by atoms with Gasteiger partial charge < -0.3 is 14.4 Å². The van der Waals surface area contributed by atoms with Gasteiger partial charge in [-0.3, -0.25) is 9.89 Å². The van der Waals surface area contributed by atoms with Crippen molar-refractivity contribution in [2.75, 3.05) is 39.2 Å². The van der Waals surface area contributed by atoms with Crippen LogP contribution in [0.3, 0.4) is 0 Å². The van der Waals surface area contributed by atoms with Gasteiger partial charge in [-0.25, -0.2) is 8.42 Å². The highest BCUT2D eigenvalue weighted by atomic mass is 32.2. The minimum absolute atomic E-state index is 0.197. The van der Waals surface area contributed by atoms with Crippen molar-refractivity contribution in [3.8, 4) is 22.8 Å². The van der Waals surface area contributed by atoms with Crippen LogP contribution < -0.4 is 9.47 Å². The number of hydrogen-bond acceptors (Lipinski definition) is 6. The topological polar surface area (TPSA) is 105 Å². The van der Waals surface area contributed by atoms with Crippen molar-refractivity contribution in [3.63, 3.8) is 0 Å². The van der Waals surface area contributed by atoms with Gasteiger partial charge in [-0.1, -0.05) is 0 Å². The Hall–Kier alpha value is -2.59. The normalized spacial score (nSPS) is 17.5. The van der Waals surface area contributed by atoms with Crippen LogP contribution in [0.2, 0.25) is 0 Å². The molecule has 0 atom stereocenters. The molecule has 0 saturated carbocycles. The number of amides is 1. The average molecular weight is 378 g/mol. The fourth-order valence-corrected chi connectivity index (χ4v) is 3.85. The summed E-state index contributed by atoms with van der Waals surface area (Å²) in [5.74, 6) is 1.14. The number of nitrogens with one attached hydrogen (secondary N) is 1. The van der Waals surface area contributed by atoms with E-state index in [1.54, 1.807) is 17.0 Å². The van der Waals surface area contributed by atoms with E-state index in [0.29, 0.717) is 49.1 Å². The number of carbonyl (C=O) groups is 1. The molecule has 2 aliphatic rings. The van der Waals surface area contributed by atoms with Crippen LogP contribution in [0.4, 0.5) is 0 Å². The second-order valence-electron chi connectivity index (χ2n) is 6.19. The van der Waals surface area contributed by atoms with Gasteiger partial charge in [-0.2, -0.15) is 9.40 Å². The molecule has 1 aromatic carbocycles. The molecular weight excluding hydrogens is 360 g/mol. The molecule has 1 N–H and O–H groups in total. The average Bonchev–Trinajstić information content (AvgIpc) is 3.29. The summed E-state index contributed by atoms with van der Waals surface area (Å²) in [5.41, 5.74) is 1.80. The second kappa shape index (κ2) is 6.29. The Labute approximate surface area is 150 Å². The minimum Gasteiger partial charge on any atom is -0.454 e. The molecule has 0 spiro atoms. The van der Waals surface area contributed by atoms with Crippen molar-refractivity contribution in [2.24, 2.45) is 0 Å². The van der Waals surface area contributed by atoms with E-state index in [2.05, 4.69) is 10.2 Å². The van der Waals surface area contributed by atoms with Crippen molar-refractivity contribution >= 4 is 15.9 Å². The zero-order valence-electron chi connectivity index (χ0n) is 14.1. The molecule has 9 nitrogen and oxygen atoms in total. The standard InChI is InChI=1S/C16H18N4O5S/c1-26(22,23)20-6-4-19(5-7-20)16(21)13-9-12(17-18-13)11-2-3-14-15(8-11)25-10-24-14/h2-3,8-9H,4-7,10H2,1H3,(H,17,18). The maximum Gasteiger partial charge on any atom is 0.271 e. The number of fused-ring (bicyclic) bond motifs is 1. The lowest BCUT2D eigenvalue weighted by Gasteiger charge is -2.32. The van der Waals surface area contributed by atoms with Gasteiger partial charge in [-0.05, 0) is 24.3 Å². The summed E-state index contributed by atoms with van der Waals surface area (Å²) in [6.45, 7) is 1.50. The van der Waals surface area contributed by atoms with Gasteiger partial charge in [0.05, 0.1) is 11.9 Å². The number of piperazine rings is 1. The Kier molecular flexibility index (Phi) is 4.08. The number of ether oxygens (including phenoxy) is 2. The third-order valence-corrected chi connectivity index (χ3v) is 5.77. The van der Waals surface area contributed by atoms with Gasteiger partial charge in [-0.15, -0.1) is 0 Å². The number of rotatable bonds is 3. The summed E-state index contributed by atoms with van der Waals surface area (Å²) in [7, 11) is -3.22. The third-order valence-electron chi connectivity index (χ3n) is 4.47. The molecule has 0 unspecified atom stereocenters. The van der Waals surface area contributed by atoms with E-state index in [0.717, 1.165) is 5.56 Å². The van der Waals surface area contributed by atoms with Crippen molar-refractivity contribution in [1.82, 2.24) is 19.4 Å². The molecule has 1 amide bonds. The quantitative estimate of drug-likeness (QED) is 0.835.